The van der Waals surface area contributed by atoms with Gasteiger partial charge in [-0.2, -0.15) is 5.10 Å². The number of aliphatic hydroxyl groups is 1. The van der Waals surface area contributed by atoms with Gasteiger partial charge < -0.3 is 10.8 Å². The summed E-state index contributed by atoms with van der Waals surface area (Å²) < 4.78 is 0. The molecule has 0 radical (unpaired) electrons. The molecule has 0 saturated carbocycles. The van der Waals surface area contributed by atoms with Crippen molar-refractivity contribution in [2.75, 3.05) is 6.54 Å². The smallest absolute Gasteiger partial charge is 0.110 e. The molecule has 0 spiro atoms. The Hall–Kier alpha value is -0.870. The van der Waals surface area contributed by atoms with Crippen LogP contribution in [0.1, 0.15) is 23.1 Å². The lowest BCUT2D eigenvalue weighted by atomic mass is 10.1. The zero-order chi connectivity index (χ0) is 8.43. The zero-order valence-electron chi connectivity index (χ0n) is 6.76. The van der Waals surface area contributed by atoms with E-state index in [1.807, 2.05) is 13.8 Å². The fourth-order valence-corrected chi connectivity index (χ4v) is 0.940. The molecule has 11 heavy (non-hydrogen) atoms. The van der Waals surface area contributed by atoms with Crippen LogP contribution in [0.25, 0.3) is 0 Å². The van der Waals surface area contributed by atoms with E-state index in [1.54, 1.807) is 0 Å². The third-order valence-electron chi connectivity index (χ3n) is 1.83. The molecule has 0 saturated heterocycles. The van der Waals surface area contributed by atoms with Crippen LogP contribution in [-0.4, -0.2) is 21.8 Å². The van der Waals surface area contributed by atoms with Crippen molar-refractivity contribution in [3.8, 4) is 0 Å². The first-order valence-corrected chi connectivity index (χ1v) is 3.56. The molecule has 1 rings (SSSR count). The van der Waals surface area contributed by atoms with Gasteiger partial charge in [0.2, 0.25) is 0 Å². The van der Waals surface area contributed by atoms with E-state index in [4.69, 9.17) is 5.73 Å². The van der Waals surface area contributed by atoms with Crippen molar-refractivity contribution < 1.29 is 5.11 Å². The third-order valence-corrected chi connectivity index (χ3v) is 1.83. The lowest BCUT2D eigenvalue weighted by Gasteiger charge is -2.03. The molecule has 0 fully saturated rings. The number of nitrogens with zero attached hydrogens (tertiary/aromatic N) is 1. The molecule has 0 aliphatic heterocycles. The molecule has 0 aliphatic rings. The monoisotopic (exact) mass is 155 g/mol. The Labute approximate surface area is 65.4 Å². The molecule has 1 heterocycles. The molecular formula is C7H13N3O. The highest BCUT2D eigenvalue weighted by atomic mass is 16.3. The first kappa shape index (κ1) is 8.23. The van der Waals surface area contributed by atoms with Gasteiger partial charge in [-0.25, -0.2) is 0 Å². The summed E-state index contributed by atoms with van der Waals surface area (Å²) in [6, 6.07) is 0. The van der Waals surface area contributed by atoms with Gasteiger partial charge >= 0.3 is 0 Å². The molecule has 1 unspecified atom stereocenters. The third kappa shape index (κ3) is 1.41. The number of aromatic nitrogens is 2. The predicted octanol–water partition coefficient (Wildman–Crippen LogP) is 0.0186. The number of nitrogens with two attached hydrogens (primary N) is 1. The molecule has 1 atom stereocenters. The number of aromatic amines is 1. The van der Waals surface area contributed by atoms with Crippen LogP contribution < -0.4 is 5.73 Å². The van der Waals surface area contributed by atoms with Crippen LogP contribution in [0.3, 0.4) is 0 Å². The van der Waals surface area contributed by atoms with Crippen molar-refractivity contribution in [1.82, 2.24) is 10.2 Å². The van der Waals surface area contributed by atoms with Gasteiger partial charge in [0.1, 0.15) is 6.10 Å². The molecule has 0 amide bonds. The molecule has 0 aliphatic carbocycles. The van der Waals surface area contributed by atoms with E-state index >= 15 is 0 Å². The van der Waals surface area contributed by atoms with Gasteiger partial charge in [-0.05, 0) is 19.4 Å². The Kier molecular flexibility index (Phi) is 2.26. The lowest BCUT2D eigenvalue weighted by Crippen LogP contribution is -2.12. The molecule has 0 aromatic carbocycles. The normalized spacial score (nSPS) is 13.5. The van der Waals surface area contributed by atoms with E-state index in [0.29, 0.717) is 5.69 Å². The summed E-state index contributed by atoms with van der Waals surface area (Å²) in [5.41, 5.74) is 7.90. The Morgan fingerprint density at radius 2 is 2.27 bits per heavy atom. The minimum absolute atomic E-state index is 0.213. The maximum Gasteiger partial charge on any atom is 0.110 e. The first-order valence-electron chi connectivity index (χ1n) is 3.56. The quantitative estimate of drug-likeness (QED) is 0.563. The number of hydrogen-bond donors (Lipinski definition) is 3. The van der Waals surface area contributed by atoms with E-state index in [2.05, 4.69) is 10.2 Å². The van der Waals surface area contributed by atoms with Crippen molar-refractivity contribution >= 4 is 0 Å². The number of rotatable bonds is 2. The number of H-pyrrole nitrogens is 1. The van der Waals surface area contributed by atoms with E-state index in [0.717, 1.165) is 11.3 Å². The van der Waals surface area contributed by atoms with Gasteiger partial charge in [-0.15, -0.1) is 0 Å². The van der Waals surface area contributed by atoms with E-state index in [1.165, 1.54) is 0 Å². The maximum absolute atomic E-state index is 9.32. The molecule has 1 aromatic rings. The maximum atomic E-state index is 9.32. The van der Waals surface area contributed by atoms with Crippen LogP contribution in [-0.2, 0) is 0 Å². The van der Waals surface area contributed by atoms with Crippen LogP contribution in [0, 0.1) is 13.8 Å². The molecule has 1 aromatic heterocycles. The van der Waals surface area contributed by atoms with Crippen molar-refractivity contribution in [3.05, 3.63) is 17.0 Å². The van der Waals surface area contributed by atoms with Crippen molar-refractivity contribution in [2.24, 2.45) is 5.73 Å². The summed E-state index contributed by atoms with van der Waals surface area (Å²) in [6.07, 6.45) is -0.639. The fraction of sp³-hybridized carbons (Fsp3) is 0.571. The number of hydrogen-bond acceptors (Lipinski definition) is 3. The van der Waals surface area contributed by atoms with Crippen molar-refractivity contribution in [1.29, 1.82) is 0 Å². The first-order chi connectivity index (χ1) is 5.16. The fourth-order valence-electron chi connectivity index (χ4n) is 0.940. The van der Waals surface area contributed by atoms with Gasteiger partial charge in [0, 0.05) is 12.2 Å². The second-order valence-electron chi connectivity index (χ2n) is 2.61. The average Bonchev–Trinajstić information content (AvgIpc) is 2.32. The van der Waals surface area contributed by atoms with Gasteiger partial charge in [-0.3, -0.25) is 5.10 Å². The number of aliphatic hydroxyl groups excluding tert-OH is 1. The largest absolute Gasteiger partial charge is 0.385 e. The SMILES string of the molecule is Cc1[nH]nc(C(O)CN)c1C. The van der Waals surface area contributed by atoms with E-state index in [-0.39, 0.29) is 6.54 Å². The van der Waals surface area contributed by atoms with E-state index < -0.39 is 6.10 Å². The van der Waals surface area contributed by atoms with Crippen LogP contribution in [0.2, 0.25) is 0 Å². The molecule has 4 N–H and O–H groups in total. The van der Waals surface area contributed by atoms with Gasteiger partial charge in [-0.1, -0.05) is 0 Å². The Bertz CT molecular complexity index is 244. The topological polar surface area (TPSA) is 74.9 Å². The Morgan fingerprint density at radius 1 is 1.64 bits per heavy atom. The van der Waals surface area contributed by atoms with Gasteiger partial charge in [0.05, 0.1) is 5.69 Å². The Balaban J connectivity index is 2.94. The van der Waals surface area contributed by atoms with Crippen molar-refractivity contribution in [2.45, 2.75) is 20.0 Å². The molecular weight excluding hydrogens is 142 g/mol. The zero-order valence-corrected chi connectivity index (χ0v) is 6.76. The number of nitrogens with one attached hydrogen (secondary N) is 1. The minimum Gasteiger partial charge on any atom is -0.385 e. The number of aryl methyl sites for hydroxylation is 1. The van der Waals surface area contributed by atoms with Gasteiger partial charge in [0.15, 0.2) is 0 Å². The lowest BCUT2D eigenvalue weighted by molar-refractivity contribution is 0.181. The van der Waals surface area contributed by atoms with E-state index in [9.17, 15) is 5.11 Å². The molecule has 0 bridgehead atoms. The predicted molar refractivity (Wildman–Crippen MR) is 42.1 cm³/mol. The van der Waals surface area contributed by atoms with Crippen molar-refractivity contribution in [3.63, 3.8) is 0 Å². The van der Waals surface area contributed by atoms with Crippen LogP contribution >= 0.6 is 0 Å². The molecule has 62 valence electrons. The summed E-state index contributed by atoms with van der Waals surface area (Å²) in [5.74, 6) is 0. The van der Waals surface area contributed by atoms with Crippen LogP contribution in [0.15, 0.2) is 0 Å². The summed E-state index contributed by atoms with van der Waals surface area (Å²) in [4.78, 5) is 0. The summed E-state index contributed by atoms with van der Waals surface area (Å²) in [5, 5.41) is 16.0. The van der Waals surface area contributed by atoms with Crippen LogP contribution in [0.5, 0.6) is 0 Å². The Morgan fingerprint density at radius 3 is 2.64 bits per heavy atom. The van der Waals surface area contributed by atoms with Crippen LogP contribution in [0.4, 0.5) is 0 Å². The summed E-state index contributed by atoms with van der Waals surface area (Å²) in [6.45, 7) is 4.03. The molecule has 4 nitrogen and oxygen atoms in total. The molecule has 4 heteroatoms. The second kappa shape index (κ2) is 3.02. The highest BCUT2D eigenvalue weighted by molar-refractivity contribution is 5.24. The highest BCUT2D eigenvalue weighted by Gasteiger charge is 2.12. The summed E-state index contributed by atoms with van der Waals surface area (Å²) in [7, 11) is 0. The summed E-state index contributed by atoms with van der Waals surface area (Å²) >= 11 is 0. The van der Waals surface area contributed by atoms with Gasteiger partial charge in [0.25, 0.3) is 0 Å². The highest BCUT2D eigenvalue weighted by Crippen LogP contribution is 2.15. The second-order valence-corrected chi connectivity index (χ2v) is 2.61. The minimum atomic E-state index is -0.639. The average molecular weight is 155 g/mol. The standard InChI is InChI=1S/C7H13N3O/c1-4-5(2)9-10-7(4)6(11)3-8/h6,11H,3,8H2,1-2H3,(H,9,10).